The molecule has 0 spiro atoms. The molecule has 0 saturated heterocycles. The second-order valence-electron chi connectivity index (χ2n) is 4.71. The van der Waals surface area contributed by atoms with Crippen molar-refractivity contribution in [2.45, 2.75) is 72.6 Å². The van der Waals surface area contributed by atoms with E-state index in [1.165, 1.54) is 31.4 Å². The fourth-order valence-corrected chi connectivity index (χ4v) is 2.15. The third-order valence-corrected chi connectivity index (χ3v) is 3.39. The maximum atomic E-state index is 11.1. The van der Waals surface area contributed by atoms with E-state index in [1.807, 2.05) is 6.92 Å². The van der Waals surface area contributed by atoms with E-state index < -0.39 is 0 Å². The molecule has 0 rings (SSSR count). The van der Waals surface area contributed by atoms with Gasteiger partial charge in [0.15, 0.2) is 0 Å². The van der Waals surface area contributed by atoms with Crippen molar-refractivity contribution in [1.82, 2.24) is 0 Å². The molecule has 1 atom stereocenters. The van der Waals surface area contributed by atoms with Gasteiger partial charge in [0, 0.05) is 25.1 Å². The normalized spacial score (nSPS) is 13.8. The maximum absolute atomic E-state index is 11.1. The van der Waals surface area contributed by atoms with Crippen LogP contribution in [-0.4, -0.2) is 18.0 Å². The van der Waals surface area contributed by atoms with Crippen LogP contribution in [0.2, 0.25) is 0 Å². The summed E-state index contributed by atoms with van der Waals surface area (Å²) in [6.45, 7) is 9.32. The van der Waals surface area contributed by atoms with Crippen molar-refractivity contribution >= 4 is 11.5 Å². The average molecular weight is 239 g/mol. The minimum Gasteiger partial charge on any atom is -0.300 e. The monoisotopic (exact) mass is 239 g/mol. The molecule has 0 fully saturated rings. The highest BCUT2D eigenvalue weighted by atomic mass is 16.1. The molecule has 0 saturated carbocycles. The third-order valence-electron chi connectivity index (χ3n) is 3.39. The van der Waals surface area contributed by atoms with Gasteiger partial charge in [-0.1, -0.05) is 26.7 Å². The van der Waals surface area contributed by atoms with Gasteiger partial charge < -0.3 is 0 Å². The van der Waals surface area contributed by atoms with Gasteiger partial charge >= 0.3 is 0 Å². The Balaban J connectivity index is 3.70. The summed E-state index contributed by atoms with van der Waals surface area (Å²) in [5.74, 6) is 1.05. The van der Waals surface area contributed by atoms with E-state index in [0.717, 1.165) is 19.4 Å². The standard InChI is InChI=1S/C15H29NO/c1-5-14(13(4)16-7-3)11-9-8-10-12-15(17)6-2/h14H,5-12H2,1-4H3/b16-13+. The van der Waals surface area contributed by atoms with Crippen LogP contribution in [0.15, 0.2) is 4.99 Å². The zero-order valence-corrected chi connectivity index (χ0v) is 12.1. The van der Waals surface area contributed by atoms with Crippen molar-refractivity contribution in [2.24, 2.45) is 10.9 Å². The number of hydrogen-bond donors (Lipinski definition) is 0. The molecule has 2 heteroatoms. The van der Waals surface area contributed by atoms with E-state index in [1.54, 1.807) is 0 Å². The molecule has 0 heterocycles. The van der Waals surface area contributed by atoms with Crippen molar-refractivity contribution in [2.75, 3.05) is 6.54 Å². The lowest BCUT2D eigenvalue weighted by Crippen LogP contribution is -2.10. The van der Waals surface area contributed by atoms with Crippen molar-refractivity contribution in [3.05, 3.63) is 0 Å². The summed E-state index contributed by atoms with van der Waals surface area (Å²) in [4.78, 5) is 15.6. The summed E-state index contributed by atoms with van der Waals surface area (Å²) in [5, 5.41) is 0. The van der Waals surface area contributed by atoms with Crippen LogP contribution in [0.3, 0.4) is 0 Å². The van der Waals surface area contributed by atoms with Gasteiger partial charge in [0.2, 0.25) is 0 Å². The molecular formula is C15H29NO. The molecule has 100 valence electrons. The summed E-state index contributed by atoms with van der Waals surface area (Å²) in [7, 11) is 0. The van der Waals surface area contributed by atoms with Crippen LogP contribution >= 0.6 is 0 Å². The molecule has 2 nitrogen and oxygen atoms in total. The molecule has 0 aromatic heterocycles. The number of carbonyl (C=O) groups excluding carboxylic acids is 1. The summed E-state index contributed by atoms with van der Waals surface area (Å²) in [6.07, 6.45) is 7.35. The Morgan fingerprint density at radius 1 is 1.12 bits per heavy atom. The SMILES string of the molecule is CC/N=C(\C)C(CC)CCCCCC(=O)CC. The van der Waals surface area contributed by atoms with E-state index in [4.69, 9.17) is 0 Å². The molecule has 0 bridgehead atoms. The molecular weight excluding hydrogens is 210 g/mol. The molecule has 0 amide bonds. The first kappa shape index (κ1) is 16.3. The molecule has 1 unspecified atom stereocenters. The van der Waals surface area contributed by atoms with Gasteiger partial charge in [-0.25, -0.2) is 0 Å². The van der Waals surface area contributed by atoms with Crippen LogP contribution in [0, 0.1) is 5.92 Å². The number of rotatable bonds is 10. The minimum atomic E-state index is 0.403. The molecule has 0 radical (unpaired) electrons. The van der Waals surface area contributed by atoms with Crippen molar-refractivity contribution in [1.29, 1.82) is 0 Å². The number of nitrogens with zero attached hydrogens (tertiary/aromatic N) is 1. The Kier molecular flexibility index (Phi) is 10.1. The fraction of sp³-hybridized carbons (Fsp3) is 0.867. The first-order valence-corrected chi connectivity index (χ1v) is 7.18. The number of unbranched alkanes of at least 4 members (excludes halogenated alkanes) is 2. The number of ketones is 1. The van der Waals surface area contributed by atoms with Crippen LogP contribution in [0.5, 0.6) is 0 Å². The lowest BCUT2D eigenvalue weighted by molar-refractivity contribution is -0.118. The zero-order chi connectivity index (χ0) is 13.1. The smallest absolute Gasteiger partial charge is 0.132 e. The average Bonchev–Trinajstić information content (AvgIpc) is 2.33. The van der Waals surface area contributed by atoms with Gasteiger partial charge in [-0.2, -0.15) is 0 Å². The highest BCUT2D eigenvalue weighted by Crippen LogP contribution is 2.16. The number of aliphatic imine (C=N–C) groups is 1. The Hall–Kier alpha value is -0.660. The molecule has 0 N–H and O–H groups in total. The zero-order valence-electron chi connectivity index (χ0n) is 12.1. The molecule has 0 aliphatic rings. The predicted octanol–water partition coefficient (Wildman–Crippen LogP) is 4.42. The predicted molar refractivity (Wildman–Crippen MR) is 75.8 cm³/mol. The largest absolute Gasteiger partial charge is 0.300 e. The lowest BCUT2D eigenvalue weighted by atomic mass is 9.94. The van der Waals surface area contributed by atoms with Gasteiger partial charge in [-0.15, -0.1) is 0 Å². The second kappa shape index (κ2) is 10.5. The second-order valence-corrected chi connectivity index (χ2v) is 4.71. The lowest BCUT2D eigenvalue weighted by Gasteiger charge is -2.14. The molecule has 0 aromatic carbocycles. The summed E-state index contributed by atoms with van der Waals surface area (Å²) >= 11 is 0. The van der Waals surface area contributed by atoms with E-state index in [9.17, 15) is 4.79 Å². The Morgan fingerprint density at radius 2 is 1.82 bits per heavy atom. The van der Waals surface area contributed by atoms with Crippen molar-refractivity contribution in [3.8, 4) is 0 Å². The number of carbonyl (C=O) groups is 1. The topological polar surface area (TPSA) is 29.4 Å². The summed E-state index contributed by atoms with van der Waals surface area (Å²) in [6, 6.07) is 0. The van der Waals surface area contributed by atoms with Crippen molar-refractivity contribution < 1.29 is 4.79 Å². The van der Waals surface area contributed by atoms with E-state index in [-0.39, 0.29) is 0 Å². The first-order chi connectivity index (χ1) is 8.15. The van der Waals surface area contributed by atoms with E-state index in [2.05, 4.69) is 25.8 Å². The first-order valence-electron chi connectivity index (χ1n) is 7.18. The Morgan fingerprint density at radius 3 is 2.35 bits per heavy atom. The van der Waals surface area contributed by atoms with Gasteiger partial charge in [0.1, 0.15) is 5.78 Å². The summed E-state index contributed by atoms with van der Waals surface area (Å²) < 4.78 is 0. The molecule has 0 aliphatic heterocycles. The van der Waals surface area contributed by atoms with Gasteiger partial charge in [-0.05, 0) is 39.0 Å². The number of hydrogen-bond acceptors (Lipinski definition) is 2. The molecule has 17 heavy (non-hydrogen) atoms. The maximum Gasteiger partial charge on any atom is 0.132 e. The van der Waals surface area contributed by atoms with Crippen LogP contribution in [-0.2, 0) is 4.79 Å². The van der Waals surface area contributed by atoms with Gasteiger partial charge in [0.25, 0.3) is 0 Å². The molecule has 0 aromatic rings. The Labute approximate surface area is 107 Å². The quantitative estimate of drug-likeness (QED) is 0.410. The van der Waals surface area contributed by atoms with Gasteiger partial charge in [-0.3, -0.25) is 9.79 Å². The van der Waals surface area contributed by atoms with Crippen LogP contribution in [0.1, 0.15) is 72.6 Å². The number of Topliss-reactive ketones (excluding diaryl/α,β-unsaturated/α-hetero) is 1. The van der Waals surface area contributed by atoms with Crippen LogP contribution in [0.25, 0.3) is 0 Å². The highest BCUT2D eigenvalue weighted by molar-refractivity contribution is 5.84. The minimum absolute atomic E-state index is 0.403. The van der Waals surface area contributed by atoms with Crippen molar-refractivity contribution in [3.63, 3.8) is 0 Å². The highest BCUT2D eigenvalue weighted by Gasteiger charge is 2.09. The Bertz CT molecular complexity index is 233. The third kappa shape index (κ3) is 8.12. The summed E-state index contributed by atoms with van der Waals surface area (Å²) in [5.41, 5.74) is 1.31. The van der Waals surface area contributed by atoms with E-state index >= 15 is 0 Å². The van der Waals surface area contributed by atoms with Crippen LogP contribution in [0.4, 0.5) is 0 Å². The van der Waals surface area contributed by atoms with Gasteiger partial charge in [0.05, 0.1) is 0 Å². The molecule has 0 aliphatic carbocycles. The van der Waals surface area contributed by atoms with Crippen LogP contribution < -0.4 is 0 Å². The fourth-order valence-electron chi connectivity index (χ4n) is 2.15. The van der Waals surface area contributed by atoms with E-state index in [0.29, 0.717) is 18.1 Å².